The quantitative estimate of drug-likeness (QED) is 0.844. The van der Waals surface area contributed by atoms with Gasteiger partial charge in [-0.1, -0.05) is 36.9 Å². The molecule has 0 bridgehead atoms. The standard InChI is InChI=1S/C15H19ClO3/c16-12-7-5-6-11(10-12)15(18)19-14-9-4-2-1-3-8-13(14)17/h5-7,10,13-14,17H,1-4,8-9H2/t13-,14+/m1/s1. The van der Waals surface area contributed by atoms with E-state index in [1.807, 2.05) is 0 Å². The highest BCUT2D eigenvalue weighted by molar-refractivity contribution is 6.30. The van der Waals surface area contributed by atoms with Gasteiger partial charge in [-0.3, -0.25) is 0 Å². The second-order valence-electron chi connectivity index (χ2n) is 5.01. The lowest BCUT2D eigenvalue weighted by Crippen LogP contribution is -2.32. The fraction of sp³-hybridized carbons (Fsp3) is 0.533. The molecule has 2 rings (SSSR count). The van der Waals surface area contributed by atoms with Crippen LogP contribution in [-0.2, 0) is 4.74 Å². The van der Waals surface area contributed by atoms with Gasteiger partial charge in [0.15, 0.2) is 0 Å². The molecule has 19 heavy (non-hydrogen) atoms. The molecular weight excluding hydrogens is 264 g/mol. The summed E-state index contributed by atoms with van der Waals surface area (Å²) < 4.78 is 5.43. The topological polar surface area (TPSA) is 46.5 Å². The van der Waals surface area contributed by atoms with Crippen LogP contribution >= 0.6 is 11.6 Å². The predicted molar refractivity (Wildman–Crippen MR) is 74.4 cm³/mol. The van der Waals surface area contributed by atoms with Crippen molar-refractivity contribution in [1.82, 2.24) is 0 Å². The van der Waals surface area contributed by atoms with Crippen molar-refractivity contribution >= 4 is 17.6 Å². The molecule has 0 unspecified atom stereocenters. The van der Waals surface area contributed by atoms with Gasteiger partial charge in [0.1, 0.15) is 6.10 Å². The first-order valence-electron chi connectivity index (χ1n) is 6.81. The monoisotopic (exact) mass is 282 g/mol. The maximum Gasteiger partial charge on any atom is 0.338 e. The molecule has 1 saturated carbocycles. The predicted octanol–water partition coefficient (Wildman–Crippen LogP) is 3.58. The molecule has 1 aliphatic rings. The van der Waals surface area contributed by atoms with Crippen molar-refractivity contribution in [1.29, 1.82) is 0 Å². The zero-order valence-electron chi connectivity index (χ0n) is 10.8. The van der Waals surface area contributed by atoms with Crippen LogP contribution < -0.4 is 0 Å². The van der Waals surface area contributed by atoms with Crippen LogP contribution in [0.25, 0.3) is 0 Å². The lowest BCUT2D eigenvalue weighted by Gasteiger charge is -2.25. The first-order valence-corrected chi connectivity index (χ1v) is 7.19. The van der Waals surface area contributed by atoms with Crippen LogP contribution in [0.2, 0.25) is 5.02 Å². The third-order valence-corrected chi connectivity index (χ3v) is 3.72. The molecule has 1 aromatic carbocycles. The Morgan fingerprint density at radius 2 is 1.95 bits per heavy atom. The molecule has 4 heteroatoms. The number of carbonyl (C=O) groups is 1. The molecular formula is C15H19ClO3. The summed E-state index contributed by atoms with van der Waals surface area (Å²) in [6.45, 7) is 0. The summed E-state index contributed by atoms with van der Waals surface area (Å²) in [5.41, 5.74) is 0.432. The molecule has 0 amide bonds. The molecule has 2 atom stereocenters. The molecule has 1 fully saturated rings. The number of ether oxygens (including phenoxy) is 1. The zero-order valence-corrected chi connectivity index (χ0v) is 11.6. The average molecular weight is 283 g/mol. The number of rotatable bonds is 2. The van der Waals surface area contributed by atoms with Gasteiger partial charge in [0.2, 0.25) is 0 Å². The molecule has 1 aliphatic carbocycles. The first-order chi connectivity index (χ1) is 9.16. The molecule has 3 nitrogen and oxygen atoms in total. The molecule has 0 aliphatic heterocycles. The number of halogens is 1. The highest BCUT2D eigenvalue weighted by atomic mass is 35.5. The van der Waals surface area contributed by atoms with Gasteiger partial charge in [-0.15, -0.1) is 0 Å². The molecule has 0 saturated heterocycles. The summed E-state index contributed by atoms with van der Waals surface area (Å²) in [6.07, 6.45) is 4.75. The Bertz CT molecular complexity index is 433. The van der Waals surface area contributed by atoms with Crippen molar-refractivity contribution in [3.8, 4) is 0 Å². The van der Waals surface area contributed by atoms with E-state index in [0.29, 0.717) is 17.0 Å². The number of hydrogen-bond donors (Lipinski definition) is 1. The Morgan fingerprint density at radius 3 is 2.68 bits per heavy atom. The van der Waals surface area contributed by atoms with E-state index < -0.39 is 18.2 Å². The van der Waals surface area contributed by atoms with Gasteiger partial charge in [0, 0.05) is 5.02 Å². The number of aliphatic hydroxyl groups excluding tert-OH is 1. The van der Waals surface area contributed by atoms with Gasteiger partial charge < -0.3 is 9.84 Å². The van der Waals surface area contributed by atoms with Crippen LogP contribution in [-0.4, -0.2) is 23.3 Å². The highest BCUT2D eigenvalue weighted by Crippen LogP contribution is 2.21. The van der Waals surface area contributed by atoms with Crippen LogP contribution in [0.5, 0.6) is 0 Å². The fourth-order valence-electron chi connectivity index (χ4n) is 2.39. The summed E-state index contributed by atoms with van der Waals surface area (Å²) in [6, 6.07) is 6.68. The van der Waals surface area contributed by atoms with E-state index in [1.165, 1.54) is 0 Å². The van der Waals surface area contributed by atoms with Crippen molar-refractivity contribution in [2.75, 3.05) is 0 Å². The van der Waals surface area contributed by atoms with E-state index in [-0.39, 0.29) is 0 Å². The first kappa shape index (κ1) is 14.4. The number of esters is 1. The van der Waals surface area contributed by atoms with Gasteiger partial charge in [0.25, 0.3) is 0 Å². The van der Waals surface area contributed by atoms with Crippen molar-refractivity contribution in [3.63, 3.8) is 0 Å². The average Bonchev–Trinajstić information content (AvgIpc) is 2.38. The van der Waals surface area contributed by atoms with Crippen molar-refractivity contribution in [2.45, 2.75) is 50.7 Å². The van der Waals surface area contributed by atoms with E-state index >= 15 is 0 Å². The van der Waals surface area contributed by atoms with Crippen LogP contribution in [0.15, 0.2) is 24.3 Å². The van der Waals surface area contributed by atoms with Crippen molar-refractivity contribution in [3.05, 3.63) is 34.9 Å². The van der Waals surface area contributed by atoms with E-state index in [9.17, 15) is 9.90 Å². The molecule has 104 valence electrons. The minimum atomic E-state index is -0.552. The minimum absolute atomic E-state index is 0.396. The Hall–Kier alpha value is -1.06. The largest absolute Gasteiger partial charge is 0.456 e. The van der Waals surface area contributed by atoms with E-state index in [4.69, 9.17) is 16.3 Å². The van der Waals surface area contributed by atoms with Gasteiger partial charge in [0.05, 0.1) is 11.7 Å². The van der Waals surface area contributed by atoms with E-state index in [0.717, 1.165) is 32.1 Å². The maximum atomic E-state index is 12.0. The van der Waals surface area contributed by atoms with Gasteiger partial charge >= 0.3 is 5.97 Å². The summed E-state index contributed by atoms with van der Waals surface area (Å²) in [5.74, 6) is -0.410. The molecule has 0 radical (unpaired) electrons. The van der Waals surface area contributed by atoms with Gasteiger partial charge in [-0.05, 0) is 37.5 Å². The summed E-state index contributed by atoms with van der Waals surface area (Å²) >= 11 is 5.85. The molecule has 1 N–H and O–H groups in total. The Labute approximate surface area is 118 Å². The molecule has 0 aromatic heterocycles. The highest BCUT2D eigenvalue weighted by Gasteiger charge is 2.24. The normalized spacial score (nSPS) is 24.3. The van der Waals surface area contributed by atoms with Crippen LogP contribution in [0.3, 0.4) is 0 Å². The number of benzene rings is 1. The molecule has 0 heterocycles. The second kappa shape index (κ2) is 6.92. The second-order valence-corrected chi connectivity index (χ2v) is 5.45. The van der Waals surface area contributed by atoms with Crippen molar-refractivity contribution < 1.29 is 14.6 Å². The Balaban J connectivity index is 2.00. The minimum Gasteiger partial charge on any atom is -0.456 e. The zero-order chi connectivity index (χ0) is 13.7. The van der Waals surface area contributed by atoms with Crippen LogP contribution in [0, 0.1) is 0 Å². The Kier molecular flexibility index (Phi) is 5.23. The van der Waals surface area contributed by atoms with Crippen molar-refractivity contribution in [2.24, 2.45) is 0 Å². The maximum absolute atomic E-state index is 12.0. The van der Waals surface area contributed by atoms with E-state index in [2.05, 4.69) is 0 Å². The molecule has 1 aromatic rings. The lowest BCUT2D eigenvalue weighted by atomic mass is 9.96. The van der Waals surface area contributed by atoms with Gasteiger partial charge in [-0.25, -0.2) is 4.79 Å². The van der Waals surface area contributed by atoms with E-state index in [1.54, 1.807) is 24.3 Å². The summed E-state index contributed by atoms with van der Waals surface area (Å²) in [5, 5.41) is 10.5. The fourth-order valence-corrected chi connectivity index (χ4v) is 2.58. The summed E-state index contributed by atoms with van der Waals surface area (Å²) in [4.78, 5) is 12.0. The van der Waals surface area contributed by atoms with Gasteiger partial charge in [-0.2, -0.15) is 0 Å². The molecule has 0 spiro atoms. The number of hydrogen-bond acceptors (Lipinski definition) is 3. The SMILES string of the molecule is O=C(O[C@H]1CCCCCC[C@H]1O)c1cccc(Cl)c1. The lowest BCUT2D eigenvalue weighted by molar-refractivity contribution is -0.0282. The number of carbonyl (C=O) groups excluding carboxylic acids is 1. The van der Waals surface area contributed by atoms with Crippen LogP contribution in [0.1, 0.15) is 48.9 Å². The summed E-state index contributed by atoms with van der Waals surface area (Å²) in [7, 11) is 0. The number of aliphatic hydroxyl groups is 1. The third-order valence-electron chi connectivity index (χ3n) is 3.49. The smallest absolute Gasteiger partial charge is 0.338 e. The van der Waals surface area contributed by atoms with Crippen LogP contribution in [0.4, 0.5) is 0 Å². The third kappa shape index (κ3) is 4.22. The Morgan fingerprint density at radius 1 is 1.21 bits per heavy atom.